The van der Waals surface area contributed by atoms with E-state index in [0.29, 0.717) is 24.0 Å². The minimum atomic E-state index is -0.403. The predicted molar refractivity (Wildman–Crippen MR) is 61.1 cm³/mol. The first-order chi connectivity index (χ1) is 7.07. The van der Waals surface area contributed by atoms with Crippen LogP contribution < -0.4 is 4.74 Å². The van der Waals surface area contributed by atoms with E-state index in [1.54, 1.807) is 7.11 Å². The van der Waals surface area contributed by atoms with Gasteiger partial charge in [-0.15, -0.1) is 11.6 Å². The Balaban J connectivity index is 2.45. The molecule has 1 fully saturated rings. The zero-order chi connectivity index (χ0) is 11.1. The van der Waals surface area contributed by atoms with Crippen molar-refractivity contribution >= 4 is 23.2 Å². The molecule has 2 rings (SSSR count). The van der Waals surface area contributed by atoms with Crippen molar-refractivity contribution < 1.29 is 9.47 Å². The average molecular weight is 247 g/mol. The van der Waals surface area contributed by atoms with Crippen molar-refractivity contribution in [3.63, 3.8) is 0 Å². The summed E-state index contributed by atoms with van der Waals surface area (Å²) in [6, 6.07) is 3.77. The Morgan fingerprint density at radius 2 is 2.07 bits per heavy atom. The van der Waals surface area contributed by atoms with E-state index in [1.165, 1.54) is 0 Å². The van der Waals surface area contributed by atoms with Gasteiger partial charge in [-0.3, -0.25) is 0 Å². The molecule has 0 bridgehead atoms. The highest BCUT2D eigenvalue weighted by molar-refractivity contribution is 6.32. The maximum absolute atomic E-state index is 6.38. The Bertz CT molecular complexity index is 386. The van der Waals surface area contributed by atoms with Gasteiger partial charge in [0.1, 0.15) is 10.6 Å². The van der Waals surface area contributed by atoms with Gasteiger partial charge in [-0.2, -0.15) is 0 Å². The summed E-state index contributed by atoms with van der Waals surface area (Å²) in [6.45, 7) is 3.08. The number of hydrogen-bond acceptors (Lipinski definition) is 2. The summed E-state index contributed by atoms with van der Waals surface area (Å²) in [7, 11) is 1.60. The fourth-order valence-electron chi connectivity index (χ4n) is 1.73. The largest absolute Gasteiger partial charge is 0.495 e. The lowest BCUT2D eigenvalue weighted by atomic mass is 9.92. The van der Waals surface area contributed by atoms with E-state index in [1.807, 2.05) is 19.1 Å². The topological polar surface area (TPSA) is 18.5 Å². The maximum atomic E-state index is 6.38. The van der Waals surface area contributed by atoms with E-state index in [2.05, 4.69) is 0 Å². The number of rotatable bonds is 2. The number of methoxy groups -OCH3 is 1. The van der Waals surface area contributed by atoms with Crippen LogP contribution in [0, 0.1) is 6.92 Å². The molecular formula is C11H12Cl2O2. The molecule has 0 atom stereocenters. The number of benzene rings is 1. The molecule has 1 aliphatic rings. The second-order valence-electron chi connectivity index (χ2n) is 3.76. The van der Waals surface area contributed by atoms with Crippen LogP contribution in [0.4, 0.5) is 0 Å². The zero-order valence-corrected chi connectivity index (χ0v) is 10.2. The zero-order valence-electron chi connectivity index (χ0n) is 8.64. The molecule has 2 nitrogen and oxygen atoms in total. The minimum Gasteiger partial charge on any atom is -0.495 e. The van der Waals surface area contributed by atoms with Gasteiger partial charge in [0.05, 0.1) is 25.3 Å². The van der Waals surface area contributed by atoms with Crippen LogP contribution in [0.5, 0.6) is 5.75 Å². The summed E-state index contributed by atoms with van der Waals surface area (Å²) in [5, 5.41) is 0.588. The molecule has 1 aromatic carbocycles. The summed E-state index contributed by atoms with van der Waals surface area (Å²) in [5.41, 5.74) is 2.11. The Kier molecular flexibility index (Phi) is 2.84. The highest BCUT2D eigenvalue weighted by Crippen LogP contribution is 2.41. The van der Waals surface area contributed by atoms with E-state index in [4.69, 9.17) is 32.7 Å². The number of alkyl halides is 1. The van der Waals surface area contributed by atoms with Gasteiger partial charge < -0.3 is 9.47 Å². The van der Waals surface area contributed by atoms with Crippen LogP contribution in [0.25, 0.3) is 0 Å². The molecule has 82 valence electrons. The fraction of sp³-hybridized carbons (Fsp3) is 0.455. The van der Waals surface area contributed by atoms with Crippen LogP contribution in [0.1, 0.15) is 11.1 Å². The first-order valence-corrected chi connectivity index (χ1v) is 5.44. The molecule has 0 amide bonds. The van der Waals surface area contributed by atoms with E-state index in [0.717, 1.165) is 11.1 Å². The highest BCUT2D eigenvalue weighted by Gasteiger charge is 2.39. The molecule has 1 aromatic rings. The summed E-state index contributed by atoms with van der Waals surface area (Å²) in [4.78, 5) is -0.403. The van der Waals surface area contributed by atoms with Crippen LogP contribution in [0.2, 0.25) is 5.02 Å². The molecule has 0 aromatic heterocycles. The summed E-state index contributed by atoms with van der Waals surface area (Å²) < 4.78 is 10.3. The molecule has 15 heavy (non-hydrogen) atoms. The van der Waals surface area contributed by atoms with Crippen molar-refractivity contribution in [1.29, 1.82) is 0 Å². The van der Waals surface area contributed by atoms with Crippen LogP contribution in [-0.4, -0.2) is 20.3 Å². The maximum Gasteiger partial charge on any atom is 0.137 e. The number of aryl methyl sites for hydroxylation is 1. The minimum absolute atomic E-state index is 0.403. The average Bonchev–Trinajstić information content (AvgIpc) is 2.17. The summed E-state index contributed by atoms with van der Waals surface area (Å²) in [6.07, 6.45) is 0. The lowest BCUT2D eigenvalue weighted by Crippen LogP contribution is -2.42. The van der Waals surface area contributed by atoms with Crippen molar-refractivity contribution in [2.45, 2.75) is 11.8 Å². The van der Waals surface area contributed by atoms with E-state index in [-0.39, 0.29) is 0 Å². The van der Waals surface area contributed by atoms with E-state index < -0.39 is 4.87 Å². The summed E-state index contributed by atoms with van der Waals surface area (Å²) >= 11 is 12.4. The first-order valence-electron chi connectivity index (χ1n) is 4.68. The van der Waals surface area contributed by atoms with Crippen LogP contribution in [0.3, 0.4) is 0 Å². The second kappa shape index (κ2) is 3.85. The molecule has 4 heteroatoms. The van der Waals surface area contributed by atoms with Crippen molar-refractivity contribution in [2.24, 2.45) is 0 Å². The van der Waals surface area contributed by atoms with Gasteiger partial charge in [0, 0.05) is 0 Å². The summed E-state index contributed by atoms with van der Waals surface area (Å²) in [5.74, 6) is 0.679. The third kappa shape index (κ3) is 1.82. The third-order valence-corrected chi connectivity index (χ3v) is 3.36. The van der Waals surface area contributed by atoms with Gasteiger partial charge in [-0.25, -0.2) is 0 Å². The normalized spacial score (nSPS) is 18.4. The Hall–Kier alpha value is -0.440. The van der Waals surface area contributed by atoms with Gasteiger partial charge in [0.2, 0.25) is 0 Å². The number of ether oxygens (including phenoxy) is 2. The molecule has 0 unspecified atom stereocenters. The smallest absolute Gasteiger partial charge is 0.137 e. The van der Waals surface area contributed by atoms with Gasteiger partial charge in [-0.05, 0) is 30.2 Å². The highest BCUT2D eigenvalue weighted by atomic mass is 35.5. The molecule has 0 radical (unpaired) electrons. The first kappa shape index (κ1) is 11.1. The molecule has 0 spiro atoms. The predicted octanol–water partition coefficient (Wildman–Crippen LogP) is 3.12. The van der Waals surface area contributed by atoms with Crippen LogP contribution in [-0.2, 0) is 9.61 Å². The Morgan fingerprint density at radius 3 is 2.53 bits per heavy atom. The van der Waals surface area contributed by atoms with Crippen molar-refractivity contribution in [3.8, 4) is 5.75 Å². The number of hydrogen-bond donors (Lipinski definition) is 0. The quantitative estimate of drug-likeness (QED) is 0.747. The number of halogens is 2. The van der Waals surface area contributed by atoms with Gasteiger partial charge in [-0.1, -0.05) is 11.6 Å². The molecular weight excluding hydrogens is 235 g/mol. The van der Waals surface area contributed by atoms with Gasteiger partial charge in [0.25, 0.3) is 0 Å². The molecule has 0 N–H and O–H groups in total. The molecule has 0 aliphatic carbocycles. The van der Waals surface area contributed by atoms with Crippen molar-refractivity contribution in [2.75, 3.05) is 20.3 Å². The molecule has 1 saturated heterocycles. The van der Waals surface area contributed by atoms with Gasteiger partial charge >= 0.3 is 0 Å². The van der Waals surface area contributed by atoms with E-state index in [9.17, 15) is 0 Å². The fourth-order valence-corrected chi connectivity index (χ4v) is 2.33. The molecule has 1 aliphatic heterocycles. The lowest BCUT2D eigenvalue weighted by Gasteiger charge is -2.37. The van der Waals surface area contributed by atoms with Gasteiger partial charge in [0.15, 0.2) is 0 Å². The SMILES string of the molecule is COc1cc(C)c(C2(Cl)COC2)cc1Cl. The lowest BCUT2D eigenvalue weighted by molar-refractivity contribution is -0.0155. The van der Waals surface area contributed by atoms with E-state index >= 15 is 0 Å². The van der Waals surface area contributed by atoms with Crippen molar-refractivity contribution in [3.05, 3.63) is 28.3 Å². The Morgan fingerprint density at radius 1 is 1.40 bits per heavy atom. The third-order valence-electron chi connectivity index (χ3n) is 2.64. The standard InChI is InChI=1S/C11H12Cl2O2/c1-7-3-10(14-2)9(12)4-8(7)11(13)5-15-6-11/h3-4H,5-6H2,1-2H3. The monoisotopic (exact) mass is 246 g/mol. The Labute approximate surface area is 99.1 Å². The molecule has 0 saturated carbocycles. The second-order valence-corrected chi connectivity index (χ2v) is 4.89. The van der Waals surface area contributed by atoms with Crippen LogP contribution in [0.15, 0.2) is 12.1 Å². The molecule has 1 heterocycles. The van der Waals surface area contributed by atoms with Crippen LogP contribution >= 0.6 is 23.2 Å². The van der Waals surface area contributed by atoms with Crippen molar-refractivity contribution in [1.82, 2.24) is 0 Å².